The van der Waals surface area contributed by atoms with Crippen LogP contribution in [0.3, 0.4) is 0 Å². The van der Waals surface area contributed by atoms with Crippen molar-refractivity contribution in [2.24, 2.45) is 0 Å². The maximum atomic E-state index is 12.4. The molecule has 0 saturated heterocycles. The fourth-order valence-corrected chi connectivity index (χ4v) is 2.56. The topological polar surface area (TPSA) is 90.9 Å². The van der Waals surface area contributed by atoms with Crippen LogP contribution in [0.1, 0.15) is 22.8 Å². The molecule has 28 heavy (non-hydrogen) atoms. The largest absolute Gasteiger partial charge is 0.486 e. The van der Waals surface area contributed by atoms with Gasteiger partial charge in [0.1, 0.15) is 18.9 Å². The fourth-order valence-electron chi connectivity index (χ4n) is 2.56. The zero-order chi connectivity index (χ0) is 19.9. The lowest BCUT2D eigenvalue weighted by molar-refractivity contribution is -0.139. The highest BCUT2D eigenvalue weighted by Gasteiger charge is 2.18. The van der Waals surface area contributed by atoms with E-state index in [2.05, 4.69) is 5.32 Å². The molecule has 0 unspecified atom stereocenters. The van der Waals surface area contributed by atoms with Crippen LogP contribution in [0.4, 0.5) is 0 Å². The summed E-state index contributed by atoms with van der Waals surface area (Å²) in [5.41, 5.74) is 1.00. The Kier molecular flexibility index (Phi) is 6.06. The van der Waals surface area contributed by atoms with Crippen molar-refractivity contribution in [2.45, 2.75) is 6.92 Å². The standard InChI is InChI=1S/C21H19NO6/c1-14(23)22-17(11-15-5-3-2-4-6-15)21(25)28-13-18(24)16-7-8-19-20(12-16)27-10-9-26-19/h2-8,11-12H,9-10,13H2,1H3,(H,22,23)/b17-11+. The third-order valence-electron chi connectivity index (χ3n) is 3.84. The number of esters is 1. The summed E-state index contributed by atoms with van der Waals surface area (Å²) in [4.78, 5) is 36.1. The van der Waals surface area contributed by atoms with Gasteiger partial charge in [0, 0.05) is 12.5 Å². The highest BCUT2D eigenvalue weighted by Crippen LogP contribution is 2.30. The second-order valence-corrected chi connectivity index (χ2v) is 6.01. The van der Waals surface area contributed by atoms with E-state index in [0.717, 1.165) is 0 Å². The van der Waals surface area contributed by atoms with Crippen molar-refractivity contribution in [3.63, 3.8) is 0 Å². The summed E-state index contributed by atoms with van der Waals surface area (Å²) in [6.07, 6.45) is 1.48. The van der Waals surface area contributed by atoms with E-state index in [0.29, 0.717) is 35.8 Å². The van der Waals surface area contributed by atoms with Gasteiger partial charge in [0.25, 0.3) is 0 Å². The normalized spacial score (nSPS) is 12.8. The summed E-state index contributed by atoms with van der Waals surface area (Å²) in [5, 5.41) is 2.43. The molecule has 0 aliphatic carbocycles. The molecule has 0 spiro atoms. The lowest BCUT2D eigenvalue weighted by atomic mass is 10.1. The molecule has 0 atom stereocenters. The van der Waals surface area contributed by atoms with E-state index in [9.17, 15) is 14.4 Å². The van der Waals surface area contributed by atoms with Gasteiger partial charge in [0.2, 0.25) is 5.91 Å². The van der Waals surface area contributed by atoms with Crippen molar-refractivity contribution in [1.82, 2.24) is 5.32 Å². The second kappa shape index (κ2) is 8.85. The molecule has 0 saturated carbocycles. The van der Waals surface area contributed by atoms with Crippen LogP contribution in [0, 0.1) is 0 Å². The number of Topliss-reactive ketones (excluding diaryl/α,β-unsaturated/α-hetero) is 1. The molecule has 1 aliphatic rings. The Morgan fingerprint density at radius 1 is 1.04 bits per heavy atom. The van der Waals surface area contributed by atoms with Crippen LogP contribution < -0.4 is 14.8 Å². The maximum Gasteiger partial charge on any atom is 0.355 e. The molecule has 144 valence electrons. The van der Waals surface area contributed by atoms with Crippen LogP contribution in [-0.2, 0) is 14.3 Å². The highest BCUT2D eigenvalue weighted by atomic mass is 16.6. The van der Waals surface area contributed by atoms with Gasteiger partial charge in [-0.2, -0.15) is 0 Å². The Labute approximate surface area is 161 Å². The number of amides is 1. The molecule has 0 aromatic heterocycles. The van der Waals surface area contributed by atoms with Gasteiger partial charge < -0.3 is 19.5 Å². The first-order chi connectivity index (χ1) is 13.5. The van der Waals surface area contributed by atoms with Crippen LogP contribution in [0.25, 0.3) is 6.08 Å². The molecular weight excluding hydrogens is 362 g/mol. The van der Waals surface area contributed by atoms with Crippen LogP contribution in [0.2, 0.25) is 0 Å². The average molecular weight is 381 g/mol. The SMILES string of the molecule is CC(=O)N/C(=C/c1ccccc1)C(=O)OCC(=O)c1ccc2c(c1)OCCO2. The zero-order valence-corrected chi connectivity index (χ0v) is 15.3. The first-order valence-electron chi connectivity index (χ1n) is 8.67. The molecule has 7 nitrogen and oxygen atoms in total. The minimum atomic E-state index is -0.801. The number of carbonyl (C=O) groups excluding carboxylic acids is 3. The third-order valence-corrected chi connectivity index (χ3v) is 3.84. The molecule has 1 N–H and O–H groups in total. The summed E-state index contributed by atoms with van der Waals surface area (Å²) >= 11 is 0. The van der Waals surface area contributed by atoms with Crippen molar-refractivity contribution in [3.8, 4) is 11.5 Å². The summed E-state index contributed by atoms with van der Waals surface area (Å²) in [7, 11) is 0. The Bertz CT molecular complexity index is 920. The average Bonchev–Trinajstić information content (AvgIpc) is 2.71. The predicted molar refractivity (Wildman–Crippen MR) is 101 cm³/mol. The molecule has 2 aromatic rings. The van der Waals surface area contributed by atoms with Gasteiger partial charge in [0.15, 0.2) is 23.9 Å². The Morgan fingerprint density at radius 3 is 2.46 bits per heavy atom. The number of benzene rings is 2. The molecule has 7 heteroatoms. The van der Waals surface area contributed by atoms with Gasteiger partial charge >= 0.3 is 5.97 Å². The summed E-state index contributed by atoms with van der Waals surface area (Å²) in [6, 6.07) is 13.8. The smallest absolute Gasteiger partial charge is 0.355 e. The number of rotatable bonds is 6. The van der Waals surface area contributed by atoms with Crippen molar-refractivity contribution < 1.29 is 28.6 Å². The first-order valence-corrected chi connectivity index (χ1v) is 8.67. The number of fused-ring (bicyclic) bond motifs is 1. The van der Waals surface area contributed by atoms with E-state index in [-0.39, 0.29) is 5.70 Å². The van der Waals surface area contributed by atoms with Gasteiger partial charge in [-0.05, 0) is 29.8 Å². The molecule has 3 rings (SSSR count). The number of hydrogen-bond acceptors (Lipinski definition) is 6. The van der Waals surface area contributed by atoms with E-state index >= 15 is 0 Å². The quantitative estimate of drug-likeness (QED) is 0.469. The Hall–Kier alpha value is -3.61. The Balaban J connectivity index is 1.67. The van der Waals surface area contributed by atoms with Crippen LogP contribution in [-0.4, -0.2) is 37.5 Å². The highest BCUT2D eigenvalue weighted by molar-refractivity contribution is 6.01. The van der Waals surface area contributed by atoms with E-state index < -0.39 is 24.3 Å². The lowest BCUT2D eigenvalue weighted by Crippen LogP contribution is -2.27. The van der Waals surface area contributed by atoms with E-state index in [1.807, 2.05) is 6.07 Å². The molecule has 0 radical (unpaired) electrons. The number of carbonyl (C=O) groups is 3. The Morgan fingerprint density at radius 2 is 1.75 bits per heavy atom. The van der Waals surface area contributed by atoms with Crippen LogP contribution in [0.5, 0.6) is 11.5 Å². The van der Waals surface area contributed by atoms with E-state index in [1.54, 1.807) is 42.5 Å². The van der Waals surface area contributed by atoms with Gasteiger partial charge in [-0.25, -0.2) is 4.79 Å². The second-order valence-electron chi connectivity index (χ2n) is 6.01. The van der Waals surface area contributed by atoms with E-state index in [4.69, 9.17) is 14.2 Å². The molecule has 1 aliphatic heterocycles. The first kappa shape index (κ1) is 19.2. The minimum absolute atomic E-state index is 0.0475. The van der Waals surface area contributed by atoms with E-state index in [1.165, 1.54) is 13.0 Å². The molecule has 2 aromatic carbocycles. The summed E-state index contributed by atoms with van der Waals surface area (Å²) in [5.74, 6) is -0.570. The van der Waals surface area contributed by atoms with Gasteiger partial charge in [0.05, 0.1) is 0 Å². The molecule has 0 bridgehead atoms. The number of hydrogen-bond donors (Lipinski definition) is 1. The maximum absolute atomic E-state index is 12.4. The van der Waals surface area contributed by atoms with Crippen LogP contribution >= 0.6 is 0 Å². The molecule has 1 heterocycles. The molecule has 1 amide bonds. The fraction of sp³-hybridized carbons (Fsp3) is 0.190. The van der Waals surface area contributed by atoms with Crippen molar-refractivity contribution in [3.05, 3.63) is 65.4 Å². The van der Waals surface area contributed by atoms with Crippen LogP contribution in [0.15, 0.2) is 54.2 Å². The summed E-state index contributed by atoms with van der Waals surface area (Å²) in [6.45, 7) is 1.68. The monoisotopic (exact) mass is 381 g/mol. The van der Waals surface area contributed by atoms with Gasteiger partial charge in [-0.1, -0.05) is 30.3 Å². The number of ether oxygens (including phenoxy) is 3. The number of ketones is 1. The molecular formula is C21H19NO6. The number of nitrogens with one attached hydrogen (secondary N) is 1. The predicted octanol–water partition coefficient (Wildman–Crippen LogP) is 2.36. The van der Waals surface area contributed by atoms with Crippen molar-refractivity contribution in [2.75, 3.05) is 19.8 Å². The zero-order valence-electron chi connectivity index (χ0n) is 15.3. The lowest BCUT2D eigenvalue weighted by Gasteiger charge is -2.18. The third kappa shape index (κ3) is 4.97. The van der Waals surface area contributed by atoms with Gasteiger partial charge in [-0.3, -0.25) is 9.59 Å². The van der Waals surface area contributed by atoms with Crippen molar-refractivity contribution >= 4 is 23.7 Å². The van der Waals surface area contributed by atoms with Gasteiger partial charge in [-0.15, -0.1) is 0 Å². The summed E-state index contributed by atoms with van der Waals surface area (Å²) < 4.78 is 16.0. The van der Waals surface area contributed by atoms with Crippen molar-refractivity contribution in [1.29, 1.82) is 0 Å². The molecule has 0 fully saturated rings. The minimum Gasteiger partial charge on any atom is -0.486 e.